The van der Waals surface area contributed by atoms with Gasteiger partial charge in [-0.3, -0.25) is 37.3 Å². The van der Waals surface area contributed by atoms with Crippen LogP contribution >= 0.6 is 15.6 Å². The predicted molar refractivity (Wildman–Crippen MR) is 432 cm³/mol. The number of hydrogen-bond acceptors (Lipinski definition) is 15. The second-order valence-corrected chi connectivity index (χ2v) is 35.5. The first-order chi connectivity index (χ1) is 50.6. The van der Waals surface area contributed by atoms with Gasteiger partial charge in [-0.05, 0) is 49.4 Å². The molecule has 105 heavy (non-hydrogen) atoms. The number of carbonyl (C=O) groups excluding carboxylic acids is 4. The number of aliphatic hydroxyl groups excluding tert-OH is 1. The van der Waals surface area contributed by atoms with E-state index in [-0.39, 0.29) is 25.7 Å². The number of phosphoric ester groups is 2. The van der Waals surface area contributed by atoms with Gasteiger partial charge in [0.15, 0.2) is 12.2 Å². The summed E-state index contributed by atoms with van der Waals surface area (Å²) in [6, 6.07) is 0. The fourth-order valence-electron chi connectivity index (χ4n) is 13.3. The van der Waals surface area contributed by atoms with Gasteiger partial charge in [0.25, 0.3) is 0 Å². The van der Waals surface area contributed by atoms with E-state index < -0.39 is 97.5 Å². The highest BCUT2D eigenvalue weighted by Gasteiger charge is 2.31. The molecule has 624 valence electrons. The number of hydrogen-bond donors (Lipinski definition) is 3. The van der Waals surface area contributed by atoms with Gasteiger partial charge in [0.1, 0.15) is 19.3 Å². The van der Waals surface area contributed by atoms with Crippen molar-refractivity contribution in [3.8, 4) is 0 Å². The largest absolute Gasteiger partial charge is 0.472 e. The number of esters is 4. The summed E-state index contributed by atoms with van der Waals surface area (Å²) in [6.45, 7) is 14.3. The van der Waals surface area contributed by atoms with E-state index in [0.717, 1.165) is 114 Å². The molecule has 0 aliphatic carbocycles. The van der Waals surface area contributed by atoms with Crippen molar-refractivity contribution in [3.05, 3.63) is 0 Å². The number of unbranched alkanes of at least 4 members (excludes halogenated alkanes) is 48. The molecule has 0 rings (SSSR count). The van der Waals surface area contributed by atoms with E-state index in [1.807, 2.05) is 0 Å². The molecule has 0 aromatic heterocycles. The van der Waals surface area contributed by atoms with Gasteiger partial charge in [0, 0.05) is 25.7 Å². The van der Waals surface area contributed by atoms with Crippen molar-refractivity contribution < 1.29 is 80.2 Å². The summed E-state index contributed by atoms with van der Waals surface area (Å²) in [4.78, 5) is 73.2. The summed E-state index contributed by atoms with van der Waals surface area (Å²) in [6.07, 6.45) is 63.9. The van der Waals surface area contributed by atoms with Crippen LogP contribution in [0.5, 0.6) is 0 Å². The van der Waals surface area contributed by atoms with E-state index in [9.17, 15) is 43.2 Å². The Bertz CT molecular complexity index is 2040. The molecule has 0 aliphatic heterocycles. The van der Waals surface area contributed by atoms with Gasteiger partial charge in [0.05, 0.1) is 26.4 Å². The highest BCUT2D eigenvalue weighted by Crippen LogP contribution is 2.45. The first-order valence-corrected chi connectivity index (χ1v) is 47.2. The van der Waals surface area contributed by atoms with Gasteiger partial charge in [-0.25, -0.2) is 9.13 Å². The van der Waals surface area contributed by atoms with Gasteiger partial charge in [-0.1, -0.05) is 396 Å². The topological polar surface area (TPSA) is 237 Å². The number of carbonyl (C=O) groups is 4. The lowest BCUT2D eigenvalue weighted by atomic mass is 9.99. The molecule has 17 nitrogen and oxygen atoms in total. The van der Waals surface area contributed by atoms with E-state index in [1.54, 1.807) is 0 Å². The maximum Gasteiger partial charge on any atom is 0.472 e. The SMILES string of the molecule is CCC(C)CCCCCCCCCCCCCCCCCCCCC(=O)O[C@H](COC(=O)CCCCCCCCCCCCCCC(C)C)COP(=O)(O)OCC(O)COP(=O)(O)OC[C@@H](COC(=O)CCCCCCCCCC(C)C)OC(=O)CCCCCCCCCCCCCCCCCC(C)C. The monoisotopic (exact) mass is 1540 g/mol. The predicted octanol–water partition coefficient (Wildman–Crippen LogP) is 25.9. The first kappa shape index (κ1) is 103. The van der Waals surface area contributed by atoms with E-state index >= 15 is 0 Å². The minimum Gasteiger partial charge on any atom is -0.462 e. The summed E-state index contributed by atoms with van der Waals surface area (Å²) in [5.41, 5.74) is 0. The van der Waals surface area contributed by atoms with Gasteiger partial charge >= 0.3 is 39.5 Å². The average Bonchev–Trinajstić information content (AvgIpc) is 0.911. The number of phosphoric acid groups is 2. The molecule has 0 amide bonds. The number of rotatable bonds is 83. The Labute approximate surface area is 645 Å². The molecule has 0 bridgehead atoms. The first-order valence-electron chi connectivity index (χ1n) is 44.2. The summed E-state index contributed by atoms with van der Waals surface area (Å²) >= 11 is 0. The molecule has 0 aromatic rings. The Hall–Kier alpha value is -1.94. The molecule has 3 N–H and O–H groups in total. The zero-order valence-electron chi connectivity index (χ0n) is 69.4. The van der Waals surface area contributed by atoms with Crippen LogP contribution in [0.1, 0.15) is 447 Å². The van der Waals surface area contributed by atoms with Crippen molar-refractivity contribution in [1.82, 2.24) is 0 Å². The molecule has 0 fully saturated rings. The van der Waals surface area contributed by atoms with E-state index in [4.69, 9.17) is 37.0 Å². The molecule has 0 saturated carbocycles. The third-order valence-electron chi connectivity index (χ3n) is 20.4. The summed E-state index contributed by atoms with van der Waals surface area (Å²) in [5, 5.41) is 10.7. The Balaban J connectivity index is 5.22. The lowest BCUT2D eigenvalue weighted by molar-refractivity contribution is -0.161. The summed E-state index contributed by atoms with van der Waals surface area (Å²) in [7, 11) is -9.93. The minimum absolute atomic E-state index is 0.107. The van der Waals surface area contributed by atoms with Crippen LogP contribution in [-0.2, 0) is 65.4 Å². The summed E-state index contributed by atoms with van der Waals surface area (Å²) in [5.74, 6) is 1.05. The fourth-order valence-corrected chi connectivity index (χ4v) is 14.9. The molecule has 0 saturated heterocycles. The maximum absolute atomic E-state index is 13.1. The molecule has 0 aromatic carbocycles. The standard InChI is InChI=1S/C86H168O17P2/c1-9-79(8)65-57-49-41-33-27-20-16-12-10-11-13-17-21-29-35-43-52-60-68-85(90)102-81(72-96-83(88)66-58-50-42-34-28-24-23-26-32-39-47-55-63-77(4)5)74-100-104(92,93)98-70-80(87)71-99-105(94,95)101-75-82(73-97-84(89)67-59-51-45-37-40-48-56-64-78(6)7)103-86(91)69-61-53-44-36-30-22-18-14-15-19-25-31-38-46-54-62-76(2)3/h76-82,87H,9-75H2,1-8H3,(H,92,93)(H,94,95)/t79?,80?,81-,82-/m1/s1. The fraction of sp³-hybridized carbons (Fsp3) is 0.953. The van der Waals surface area contributed by atoms with Crippen LogP contribution in [0, 0.1) is 23.7 Å². The second-order valence-electron chi connectivity index (χ2n) is 32.6. The Morgan fingerprint density at radius 3 is 0.676 bits per heavy atom. The van der Waals surface area contributed by atoms with Gasteiger partial charge in [-0.2, -0.15) is 0 Å². The van der Waals surface area contributed by atoms with Crippen LogP contribution < -0.4 is 0 Å². The van der Waals surface area contributed by atoms with Crippen molar-refractivity contribution >= 4 is 39.5 Å². The lowest BCUT2D eigenvalue weighted by Gasteiger charge is -2.21. The van der Waals surface area contributed by atoms with Crippen LogP contribution in [-0.4, -0.2) is 96.7 Å². The van der Waals surface area contributed by atoms with Crippen molar-refractivity contribution in [2.24, 2.45) is 23.7 Å². The number of ether oxygens (including phenoxy) is 4. The lowest BCUT2D eigenvalue weighted by Crippen LogP contribution is -2.30. The highest BCUT2D eigenvalue weighted by atomic mass is 31.2. The molecule has 19 heteroatoms. The van der Waals surface area contributed by atoms with Crippen LogP contribution in [0.2, 0.25) is 0 Å². The zero-order valence-corrected chi connectivity index (χ0v) is 71.2. The molecule has 0 radical (unpaired) electrons. The van der Waals surface area contributed by atoms with Crippen molar-refractivity contribution in [2.45, 2.75) is 465 Å². The zero-order chi connectivity index (χ0) is 77.4. The van der Waals surface area contributed by atoms with E-state index in [1.165, 1.54) is 244 Å². The minimum atomic E-state index is -4.97. The van der Waals surface area contributed by atoms with Crippen molar-refractivity contribution in [2.75, 3.05) is 39.6 Å². The van der Waals surface area contributed by atoms with Gasteiger partial charge in [0.2, 0.25) is 0 Å². The van der Waals surface area contributed by atoms with Crippen LogP contribution in [0.25, 0.3) is 0 Å². The van der Waals surface area contributed by atoms with Gasteiger partial charge in [-0.15, -0.1) is 0 Å². The number of aliphatic hydroxyl groups is 1. The molecular formula is C86H168O17P2. The van der Waals surface area contributed by atoms with Crippen LogP contribution in [0.4, 0.5) is 0 Å². The molecular weight excluding hydrogens is 1370 g/mol. The molecule has 0 spiro atoms. The summed E-state index contributed by atoms with van der Waals surface area (Å²) < 4.78 is 68.9. The third-order valence-corrected chi connectivity index (χ3v) is 22.3. The highest BCUT2D eigenvalue weighted by molar-refractivity contribution is 7.47. The second kappa shape index (κ2) is 74.8. The molecule has 0 aliphatic rings. The normalized spacial score (nSPS) is 14.2. The molecule has 6 atom stereocenters. The van der Waals surface area contributed by atoms with Crippen molar-refractivity contribution in [3.63, 3.8) is 0 Å². The van der Waals surface area contributed by atoms with Gasteiger partial charge < -0.3 is 33.8 Å². The maximum atomic E-state index is 13.1. The average molecular weight is 1540 g/mol. The molecule has 0 heterocycles. The van der Waals surface area contributed by atoms with E-state index in [0.29, 0.717) is 31.6 Å². The van der Waals surface area contributed by atoms with E-state index in [2.05, 4.69) is 55.4 Å². The Morgan fingerprint density at radius 2 is 0.457 bits per heavy atom. The molecule has 4 unspecified atom stereocenters. The van der Waals surface area contributed by atoms with Crippen LogP contribution in [0.3, 0.4) is 0 Å². The van der Waals surface area contributed by atoms with Crippen molar-refractivity contribution in [1.29, 1.82) is 0 Å². The Morgan fingerprint density at radius 1 is 0.267 bits per heavy atom. The van der Waals surface area contributed by atoms with Crippen LogP contribution in [0.15, 0.2) is 0 Å². The quantitative estimate of drug-likeness (QED) is 0.0222. The Kier molecular flexibility index (Phi) is 73.4. The smallest absolute Gasteiger partial charge is 0.462 e. The third kappa shape index (κ3) is 78.5.